The molecule has 4 rings (SSSR count). The first-order chi connectivity index (χ1) is 15.4. The first-order valence-corrected chi connectivity index (χ1v) is 11.5. The molecule has 2 atom stereocenters. The van der Waals surface area contributed by atoms with E-state index in [-0.39, 0.29) is 11.7 Å². The molecule has 0 spiro atoms. The third-order valence-corrected chi connectivity index (χ3v) is 7.05. The zero-order valence-corrected chi connectivity index (χ0v) is 21.2. The van der Waals surface area contributed by atoms with Gasteiger partial charge in [0.1, 0.15) is 0 Å². The third-order valence-electron chi connectivity index (χ3n) is 5.84. The number of carbonyl (C=O) groups is 1. The molecule has 0 saturated heterocycles. The van der Waals surface area contributed by atoms with Crippen LogP contribution in [-0.4, -0.2) is 34.2 Å². The monoisotopic (exact) mass is 560 g/mol. The van der Waals surface area contributed by atoms with Gasteiger partial charge in [-0.05, 0) is 53.1 Å². The van der Waals surface area contributed by atoms with Crippen molar-refractivity contribution in [1.82, 2.24) is 0 Å². The van der Waals surface area contributed by atoms with Crippen LogP contribution in [0.15, 0.2) is 57.5 Å². The number of benzene rings is 3. The number of Topliss-reactive ketones (excluding diaryl/α,β-unsaturated/α-hetero) is 1. The minimum Gasteiger partial charge on any atom is -0.493 e. The summed E-state index contributed by atoms with van der Waals surface area (Å²) < 4.78 is 23.7. The van der Waals surface area contributed by atoms with E-state index in [1.165, 1.54) is 0 Å². The van der Waals surface area contributed by atoms with Crippen molar-refractivity contribution in [2.75, 3.05) is 28.4 Å². The maximum absolute atomic E-state index is 13.8. The van der Waals surface area contributed by atoms with Gasteiger partial charge in [0.05, 0.1) is 34.4 Å². The van der Waals surface area contributed by atoms with Crippen LogP contribution in [0, 0.1) is 0 Å². The maximum Gasteiger partial charge on any atom is 0.171 e. The van der Waals surface area contributed by atoms with Gasteiger partial charge in [0.15, 0.2) is 28.8 Å². The minimum absolute atomic E-state index is 0.0155. The number of halogens is 2. The Kier molecular flexibility index (Phi) is 6.49. The smallest absolute Gasteiger partial charge is 0.171 e. The molecule has 0 unspecified atom stereocenters. The van der Waals surface area contributed by atoms with E-state index >= 15 is 0 Å². The molecule has 0 heterocycles. The number of ketones is 1. The molecule has 0 aromatic heterocycles. The van der Waals surface area contributed by atoms with Gasteiger partial charge >= 0.3 is 0 Å². The topological polar surface area (TPSA) is 54.0 Å². The van der Waals surface area contributed by atoms with Crippen LogP contribution in [0.5, 0.6) is 23.0 Å². The minimum atomic E-state index is -0.461. The second kappa shape index (κ2) is 9.16. The fourth-order valence-corrected chi connectivity index (χ4v) is 5.17. The number of rotatable bonds is 6. The van der Waals surface area contributed by atoms with Gasteiger partial charge < -0.3 is 18.9 Å². The Labute approximate surface area is 203 Å². The standard InChI is InChI=1S/C25H22Br2O5/c1-29-19-9-15-16(10-20(19)30-2)25(28)24(23(15)13-5-7-14(26)8-6-13)17-11-21(31-3)22(32-4)12-18(17)27/h5-12,23-24H,1-4H3/t23-,24+/m1/s1. The molecule has 0 amide bonds. The average molecular weight is 562 g/mol. The molecular weight excluding hydrogens is 540 g/mol. The zero-order chi connectivity index (χ0) is 23.0. The summed E-state index contributed by atoms with van der Waals surface area (Å²) >= 11 is 7.16. The van der Waals surface area contributed by atoms with E-state index in [0.717, 1.165) is 25.6 Å². The van der Waals surface area contributed by atoms with Crippen molar-refractivity contribution in [2.24, 2.45) is 0 Å². The van der Waals surface area contributed by atoms with Crippen LogP contribution in [-0.2, 0) is 0 Å². The molecular formula is C25H22Br2O5. The van der Waals surface area contributed by atoms with Crippen LogP contribution in [0.4, 0.5) is 0 Å². The summed E-state index contributed by atoms with van der Waals surface area (Å²) in [7, 11) is 6.34. The summed E-state index contributed by atoms with van der Waals surface area (Å²) in [5.41, 5.74) is 3.39. The highest BCUT2D eigenvalue weighted by Crippen LogP contribution is 2.53. The Hall–Kier alpha value is -2.51. The fourth-order valence-electron chi connectivity index (χ4n) is 4.34. The molecule has 32 heavy (non-hydrogen) atoms. The molecule has 1 aliphatic rings. The molecule has 1 aliphatic carbocycles. The summed E-state index contributed by atoms with van der Waals surface area (Å²) in [5.74, 6) is 1.63. The molecule has 0 bridgehead atoms. The third kappa shape index (κ3) is 3.77. The Morgan fingerprint density at radius 1 is 0.656 bits per heavy atom. The number of fused-ring (bicyclic) bond motifs is 1. The van der Waals surface area contributed by atoms with Gasteiger partial charge in [-0.3, -0.25) is 4.79 Å². The van der Waals surface area contributed by atoms with E-state index in [0.29, 0.717) is 28.6 Å². The number of hydrogen-bond donors (Lipinski definition) is 0. The number of ether oxygens (including phenoxy) is 4. The van der Waals surface area contributed by atoms with Crippen LogP contribution in [0.3, 0.4) is 0 Å². The molecule has 0 N–H and O–H groups in total. The van der Waals surface area contributed by atoms with Crippen molar-refractivity contribution in [3.05, 3.63) is 79.7 Å². The summed E-state index contributed by atoms with van der Waals surface area (Å²) in [6.07, 6.45) is 0. The normalized spacial score (nSPS) is 17.1. The summed E-state index contributed by atoms with van der Waals surface area (Å²) in [4.78, 5) is 13.8. The predicted octanol–water partition coefficient (Wildman–Crippen LogP) is 6.36. The van der Waals surface area contributed by atoms with Crippen molar-refractivity contribution in [3.63, 3.8) is 0 Å². The van der Waals surface area contributed by atoms with Gasteiger partial charge in [0, 0.05) is 20.4 Å². The van der Waals surface area contributed by atoms with Gasteiger partial charge in [-0.25, -0.2) is 0 Å². The van der Waals surface area contributed by atoms with Crippen LogP contribution in [0.2, 0.25) is 0 Å². The fraction of sp³-hybridized carbons (Fsp3) is 0.240. The quantitative estimate of drug-likeness (QED) is 0.350. The van der Waals surface area contributed by atoms with Crippen LogP contribution in [0.25, 0.3) is 0 Å². The highest BCUT2D eigenvalue weighted by atomic mass is 79.9. The SMILES string of the molecule is COc1cc(Br)c([C@@H]2C(=O)c3cc(OC)c(OC)cc3[C@H]2c2ccc(Br)cc2)cc1OC. The van der Waals surface area contributed by atoms with E-state index in [9.17, 15) is 4.79 Å². The van der Waals surface area contributed by atoms with Gasteiger partial charge in [-0.2, -0.15) is 0 Å². The van der Waals surface area contributed by atoms with Crippen molar-refractivity contribution in [3.8, 4) is 23.0 Å². The van der Waals surface area contributed by atoms with E-state index < -0.39 is 5.92 Å². The van der Waals surface area contributed by atoms with Gasteiger partial charge in [0.2, 0.25) is 0 Å². The molecule has 0 aliphatic heterocycles. The predicted molar refractivity (Wildman–Crippen MR) is 130 cm³/mol. The molecule has 0 saturated carbocycles. The summed E-state index contributed by atoms with van der Waals surface area (Å²) in [6.45, 7) is 0. The molecule has 7 heteroatoms. The molecule has 3 aromatic rings. The van der Waals surface area contributed by atoms with E-state index in [4.69, 9.17) is 18.9 Å². The zero-order valence-electron chi connectivity index (χ0n) is 18.1. The Morgan fingerprint density at radius 3 is 1.72 bits per heavy atom. The summed E-state index contributed by atoms with van der Waals surface area (Å²) in [5, 5.41) is 0. The second-order valence-corrected chi connectivity index (χ2v) is 9.16. The summed E-state index contributed by atoms with van der Waals surface area (Å²) in [6, 6.07) is 15.4. The average Bonchev–Trinajstić information content (AvgIpc) is 3.09. The van der Waals surface area contributed by atoms with Crippen LogP contribution in [0.1, 0.15) is 38.9 Å². The van der Waals surface area contributed by atoms with E-state index in [1.54, 1.807) is 34.5 Å². The molecule has 166 valence electrons. The molecule has 5 nitrogen and oxygen atoms in total. The first-order valence-electron chi connectivity index (χ1n) is 9.90. The number of hydrogen-bond acceptors (Lipinski definition) is 5. The van der Waals surface area contributed by atoms with Crippen molar-refractivity contribution >= 4 is 37.6 Å². The van der Waals surface area contributed by atoms with E-state index in [1.807, 2.05) is 42.5 Å². The highest BCUT2D eigenvalue weighted by Gasteiger charge is 2.43. The lowest BCUT2D eigenvalue weighted by atomic mass is 9.81. The maximum atomic E-state index is 13.8. The Bertz CT molecular complexity index is 1170. The highest BCUT2D eigenvalue weighted by molar-refractivity contribution is 9.10. The largest absolute Gasteiger partial charge is 0.493 e. The van der Waals surface area contributed by atoms with E-state index in [2.05, 4.69) is 31.9 Å². The van der Waals surface area contributed by atoms with Gasteiger partial charge in [-0.15, -0.1) is 0 Å². The number of carbonyl (C=O) groups excluding carboxylic acids is 1. The molecule has 0 radical (unpaired) electrons. The van der Waals surface area contributed by atoms with Crippen LogP contribution >= 0.6 is 31.9 Å². The first kappa shape index (κ1) is 22.7. The Balaban J connectivity index is 1.97. The lowest BCUT2D eigenvalue weighted by Gasteiger charge is -2.23. The van der Waals surface area contributed by atoms with Gasteiger partial charge in [-0.1, -0.05) is 44.0 Å². The van der Waals surface area contributed by atoms with Crippen molar-refractivity contribution in [1.29, 1.82) is 0 Å². The Morgan fingerprint density at radius 2 is 1.16 bits per heavy atom. The van der Waals surface area contributed by atoms with Crippen LogP contribution < -0.4 is 18.9 Å². The molecule has 0 fully saturated rings. The van der Waals surface area contributed by atoms with Crippen molar-refractivity contribution < 1.29 is 23.7 Å². The van der Waals surface area contributed by atoms with Gasteiger partial charge in [0.25, 0.3) is 0 Å². The number of methoxy groups -OCH3 is 4. The van der Waals surface area contributed by atoms with Crippen molar-refractivity contribution in [2.45, 2.75) is 11.8 Å². The second-order valence-electron chi connectivity index (χ2n) is 7.39. The lowest BCUT2D eigenvalue weighted by molar-refractivity contribution is 0.0967. The molecule has 3 aromatic carbocycles. The lowest BCUT2D eigenvalue weighted by Crippen LogP contribution is -2.14.